The predicted octanol–water partition coefficient (Wildman–Crippen LogP) is 2.62. The van der Waals surface area contributed by atoms with Gasteiger partial charge >= 0.3 is 0 Å². The van der Waals surface area contributed by atoms with Crippen LogP contribution in [0.3, 0.4) is 0 Å². The molecular formula is C15H20N4S. The molecule has 20 heavy (non-hydrogen) atoms. The Balaban J connectivity index is 1.70. The molecule has 4 nitrogen and oxygen atoms in total. The van der Waals surface area contributed by atoms with E-state index in [1.54, 1.807) is 6.33 Å². The van der Waals surface area contributed by atoms with Crippen molar-refractivity contribution in [3.63, 3.8) is 0 Å². The summed E-state index contributed by atoms with van der Waals surface area (Å²) >= 11 is 5.37. The fraction of sp³-hybridized carbons (Fsp3) is 0.467. The third-order valence-electron chi connectivity index (χ3n) is 4.02. The third kappa shape index (κ3) is 2.83. The average Bonchev–Trinajstić information content (AvgIpc) is 3.02. The zero-order chi connectivity index (χ0) is 13.9. The zero-order valence-corrected chi connectivity index (χ0v) is 12.6. The van der Waals surface area contributed by atoms with Crippen molar-refractivity contribution >= 4 is 12.2 Å². The monoisotopic (exact) mass is 288 g/mol. The zero-order valence-electron chi connectivity index (χ0n) is 11.8. The topological polar surface area (TPSA) is 26.0 Å². The van der Waals surface area contributed by atoms with Crippen LogP contribution >= 0.6 is 12.2 Å². The van der Waals surface area contributed by atoms with Crippen molar-refractivity contribution in [1.82, 2.24) is 19.2 Å². The molecule has 0 saturated carbocycles. The van der Waals surface area contributed by atoms with Gasteiger partial charge < -0.3 is 4.57 Å². The standard InChI is InChI=1S/C15H20N4S/c1-17-11-16-19(15(17)20)12-18-9-5-8-14(18)10-13-6-3-2-4-7-13/h2-4,6-7,11,14H,5,8-10,12H2,1H3. The molecule has 2 heterocycles. The highest BCUT2D eigenvalue weighted by Gasteiger charge is 2.25. The van der Waals surface area contributed by atoms with Crippen molar-refractivity contribution in [3.8, 4) is 0 Å². The molecule has 0 N–H and O–H groups in total. The summed E-state index contributed by atoms with van der Waals surface area (Å²) in [5.74, 6) is 0. The first-order valence-corrected chi connectivity index (χ1v) is 7.51. The minimum absolute atomic E-state index is 0.598. The number of rotatable bonds is 4. The van der Waals surface area contributed by atoms with Gasteiger partial charge in [-0.25, -0.2) is 4.68 Å². The molecule has 3 rings (SSSR count). The van der Waals surface area contributed by atoms with Crippen molar-refractivity contribution in [2.45, 2.75) is 32.0 Å². The molecule has 0 radical (unpaired) electrons. The lowest BCUT2D eigenvalue weighted by Crippen LogP contribution is -2.33. The Morgan fingerprint density at radius 1 is 1.30 bits per heavy atom. The highest BCUT2D eigenvalue weighted by molar-refractivity contribution is 7.71. The number of hydrogen-bond acceptors (Lipinski definition) is 3. The summed E-state index contributed by atoms with van der Waals surface area (Å²) in [6.45, 7) is 1.94. The Labute approximate surface area is 124 Å². The molecule has 1 unspecified atom stereocenters. The first-order valence-electron chi connectivity index (χ1n) is 7.10. The van der Waals surface area contributed by atoms with Gasteiger partial charge in [0, 0.05) is 19.6 Å². The van der Waals surface area contributed by atoms with Crippen molar-refractivity contribution in [3.05, 3.63) is 47.0 Å². The summed E-state index contributed by atoms with van der Waals surface area (Å²) < 4.78 is 4.59. The molecule has 5 heteroatoms. The smallest absolute Gasteiger partial charge is 0.198 e. The molecule has 0 bridgehead atoms. The molecule has 1 aromatic heterocycles. The second-order valence-corrected chi connectivity index (χ2v) is 5.83. The van der Waals surface area contributed by atoms with Crippen LogP contribution in [0, 0.1) is 4.77 Å². The van der Waals surface area contributed by atoms with Crippen LogP contribution in [-0.2, 0) is 20.1 Å². The first-order chi connectivity index (χ1) is 9.74. The van der Waals surface area contributed by atoms with Gasteiger partial charge in [0.05, 0.1) is 6.67 Å². The van der Waals surface area contributed by atoms with Crippen LogP contribution in [0.5, 0.6) is 0 Å². The van der Waals surface area contributed by atoms with Gasteiger partial charge in [-0.1, -0.05) is 30.3 Å². The molecule has 1 fully saturated rings. The van der Waals surface area contributed by atoms with Gasteiger partial charge in [-0.05, 0) is 37.0 Å². The maximum Gasteiger partial charge on any atom is 0.198 e. The van der Waals surface area contributed by atoms with Gasteiger partial charge in [0.25, 0.3) is 0 Å². The van der Waals surface area contributed by atoms with Gasteiger partial charge in [-0.3, -0.25) is 4.90 Å². The third-order valence-corrected chi connectivity index (χ3v) is 4.51. The van der Waals surface area contributed by atoms with Crippen LogP contribution in [0.1, 0.15) is 18.4 Å². The molecule has 1 aromatic carbocycles. The summed E-state index contributed by atoms with van der Waals surface area (Å²) in [5.41, 5.74) is 1.41. The van der Waals surface area contributed by atoms with Crippen LogP contribution in [0.2, 0.25) is 0 Å². The Morgan fingerprint density at radius 2 is 2.10 bits per heavy atom. The van der Waals surface area contributed by atoms with Crippen LogP contribution in [0.15, 0.2) is 36.7 Å². The van der Waals surface area contributed by atoms with E-state index in [2.05, 4.69) is 40.3 Å². The minimum atomic E-state index is 0.598. The molecule has 1 saturated heterocycles. The maximum atomic E-state index is 5.37. The molecule has 1 aliphatic heterocycles. The summed E-state index contributed by atoms with van der Waals surface area (Å²) in [6, 6.07) is 11.3. The Hall–Kier alpha value is -1.46. The second kappa shape index (κ2) is 5.89. The van der Waals surface area contributed by atoms with Crippen LogP contribution in [0.25, 0.3) is 0 Å². The normalized spacial score (nSPS) is 19.6. The summed E-state index contributed by atoms with van der Waals surface area (Å²) in [5, 5.41) is 4.35. The van der Waals surface area contributed by atoms with E-state index in [1.165, 1.54) is 18.4 Å². The van der Waals surface area contributed by atoms with E-state index in [0.29, 0.717) is 6.04 Å². The molecule has 0 aliphatic carbocycles. The lowest BCUT2D eigenvalue weighted by Gasteiger charge is -2.24. The van der Waals surface area contributed by atoms with E-state index in [-0.39, 0.29) is 0 Å². The van der Waals surface area contributed by atoms with Crippen molar-refractivity contribution in [2.75, 3.05) is 6.54 Å². The average molecular weight is 288 g/mol. The van der Waals surface area contributed by atoms with Crippen LogP contribution in [0.4, 0.5) is 0 Å². The number of aromatic nitrogens is 3. The van der Waals surface area contributed by atoms with Crippen LogP contribution < -0.4 is 0 Å². The number of hydrogen-bond donors (Lipinski definition) is 0. The largest absolute Gasteiger partial charge is 0.310 e. The Morgan fingerprint density at radius 3 is 2.80 bits per heavy atom. The first kappa shape index (κ1) is 13.5. The Kier molecular flexibility index (Phi) is 3.98. The lowest BCUT2D eigenvalue weighted by molar-refractivity contribution is 0.187. The number of aryl methyl sites for hydroxylation is 1. The van der Waals surface area contributed by atoms with Gasteiger partial charge in [0.15, 0.2) is 4.77 Å². The van der Waals surface area contributed by atoms with Crippen molar-refractivity contribution in [1.29, 1.82) is 0 Å². The van der Waals surface area contributed by atoms with E-state index in [4.69, 9.17) is 12.2 Å². The fourth-order valence-corrected chi connectivity index (χ4v) is 3.04. The van der Waals surface area contributed by atoms with E-state index in [1.807, 2.05) is 16.3 Å². The number of benzene rings is 1. The molecule has 2 aromatic rings. The number of likely N-dealkylation sites (tertiary alicyclic amines) is 1. The molecule has 0 amide bonds. The summed E-state index contributed by atoms with van der Waals surface area (Å²) in [4.78, 5) is 2.50. The lowest BCUT2D eigenvalue weighted by atomic mass is 10.0. The van der Waals surface area contributed by atoms with E-state index in [0.717, 1.165) is 24.4 Å². The predicted molar refractivity (Wildman–Crippen MR) is 81.9 cm³/mol. The Bertz CT molecular complexity index is 616. The molecule has 106 valence electrons. The molecule has 0 spiro atoms. The fourth-order valence-electron chi connectivity index (χ4n) is 2.89. The van der Waals surface area contributed by atoms with E-state index < -0.39 is 0 Å². The van der Waals surface area contributed by atoms with E-state index in [9.17, 15) is 0 Å². The highest BCUT2D eigenvalue weighted by Crippen LogP contribution is 2.21. The molecular weight excluding hydrogens is 268 g/mol. The van der Waals surface area contributed by atoms with Crippen molar-refractivity contribution < 1.29 is 0 Å². The highest BCUT2D eigenvalue weighted by atomic mass is 32.1. The van der Waals surface area contributed by atoms with Gasteiger partial charge in [-0.15, -0.1) is 0 Å². The van der Waals surface area contributed by atoms with Gasteiger partial charge in [-0.2, -0.15) is 5.10 Å². The van der Waals surface area contributed by atoms with E-state index >= 15 is 0 Å². The van der Waals surface area contributed by atoms with Crippen molar-refractivity contribution in [2.24, 2.45) is 7.05 Å². The molecule has 1 atom stereocenters. The maximum absolute atomic E-state index is 5.37. The SMILES string of the molecule is Cn1cnn(CN2CCCC2Cc2ccccc2)c1=S. The quantitative estimate of drug-likeness (QED) is 0.809. The van der Waals surface area contributed by atoms with Gasteiger partial charge in [0.1, 0.15) is 6.33 Å². The summed E-state index contributed by atoms with van der Waals surface area (Å²) in [7, 11) is 1.94. The number of nitrogens with zero attached hydrogens (tertiary/aromatic N) is 4. The summed E-state index contributed by atoms with van der Waals surface area (Å²) in [6.07, 6.45) is 5.41. The minimum Gasteiger partial charge on any atom is -0.310 e. The molecule has 1 aliphatic rings. The van der Waals surface area contributed by atoms with Crippen LogP contribution in [-0.4, -0.2) is 31.8 Å². The second-order valence-electron chi connectivity index (χ2n) is 5.46. The van der Waals surface area contributed by atoms with Gasteiger partial charge in [0.2, 0.25) is 0 Å².